The SMILES string of the molecule is CC(=O)N[C@@H]1[C@@H](O)[C@H](O[C@@H]2O[C@H](CO)[C@@H](O[C@@H]3O[C@H](CO[C@H]4O[C@H](CO)[C@@H](O)[C@H](O)[C@@H]4O[C@H]4O[C@H](CO)[C@@H](O)[C@H](O)[C@@H]4O[C@H]4O[C@H](CO)[C@@H](O)[C@H](O)[C@@H]4O)[C@@H](O)[C@H](O[C@H]4O[C@H](CO)[C@@H](O)[C@H](O)[C@@H]4O)[C@@H]3O)[C@H](O)[C@H]2NC(C)=O)[C@@H](CO)O[C@H]1O. The molecule has 0 saturated carbocycles. The average Bonchev–Trinajstić information content (AvgIpc) is 3.38. The topological polar surface area (TPSA) is 603 Å². The summed E-state index contributed by atoms with van der Waals surface area (Å²) in [7, 11) is 0. The summed E-state index contributed by atoms with van der Waals surface area (Å²) in [4.78, 5) is 24.6. The van der Waals surface area contributed by atoms with Crippen molar-refractivity contribution in [2.75, 3.05) is 46.2 Å². The predicted octanol–water partition coefficient (Wildman–Crippen LogP) is -16.0. The molecule has 84 heavy (non-hydrogen) atoms. The molecule has 0 spiro atoms. The number of aliphatic hydroxyl groups excluding tert-OH is 21. The molecule has 0 aromatic carbocycles. The van der Waals surface area contributed by atoms with E-state index in [1.807, 2.05) is 0 Å². The highest BCUT2D eigenvalue weighted by atomic mass is 16.8. The number of hydrogen-bond acceptors (Lipinski definition) is 36. The second kappa shape index (κ2) is 29.9. The molecule has 0 bridgehead atoms. The van der Waals surface area contributed by atoms with Crippen molar-refractivity contribution in [1.29, 1.82) is 0 Å². The van der Waals surface area contributed by atoms with Gasteiger partial charge in [-0.25, -0.2) is 0 Å². The molecule has 7 aliphatic heterocycles. The molecule has 0 aromatic rings. The van der Waals surface area contributed by atoms with Gasteiger partial charge in [-0.1, -0.05) is 0 Å². The maximum atomic E-state index is 12.7. The minimum absolute atomic E-state index is 0.738. The molecule has 0 aromatic heterocycles. The quantitative estimate of drug-likeness (QED) is 0.0507. The largest absolute Gasteiger partial charge is 0.394 e. The van der Waals surface area contributed by atoms with Crippen LogP contribution >= 0.6 is 0 Å². The van der Waals surface area contributed by atoms with E-state index in [4.69, 9.17) is 61.6 Å². The molecule has 7 fully saturated rings. The Bertz CT molecular complexity index is 2060. The molecule has 23 N–H and O–H groups in total. The number of carbonyl (C=O) groups is 2. The van der Waals surface area contributed by atoms with Crippen LogP contribution in [0.25, 0.3) is 0 Å². The van der Waals surface area contributed by atoms with E-state index in [1.165, 1.54) is 0 Å². The molecule has 38 nitrogen and oxygen atoms in total. The lowest BCUT2D eigenvalue weighted by molar-refractivity contribution is -0.399. The average molecular weight is 1240 g/mol. The fourth-order valence-corrected chi connectivity index (χ4v) is 10.7. The minimum atomic E-state index is -2.34. The van der Waals surface area contributed by atoms with Gasteiger partial charge in [0.25, 0.3) is 0 Å². The van der Waals surface area contributed by atoms with Gasteiger partial charge in [-0.3, -0.25) is 9.59 Å². The van der Waals surface area contributed by atoms with Crippen molar-refractivity contribution < 1.29 is 178 Å². The zero-order chi connectivity index (χ0) is 61.9. The summed E-state index contributed by atoms with van der Waals surface area (Å²) in [6.07, 6.45) is -65.9. The second-order valence-corrected chi connectivity index (χ2v) is 21.1. The van der Waals surface area contributed by atoms with Gasteiger partial charge >= 0.3 is 0 Å². The van der Waals surface area contributed by atoms with Crippen LogP contribution in [0.5, 0.6) is 0 Å². The van der Waals surface area contributed by atoms with Crippen molar-refractivity contribution in [3.05, 3.63) is 0 Å². The van der Waals surface area contributed by atoms with Crippen LogP contribution in [-0.2, 0) is 71.2 Å². The minimum Gasteiger partial charge on any atom is -0.394 e. The van der Waals surface area contributed by atoms with Crippen LogP contribution in [0.2, 0.25) is 0 Å². The molecule has 35 atom stereocenters. The Hall–Kier alpha value is -2.42. The van der Waals surface area contributed by atoms with Gasteiger partial charge < -0.3 is 179 Å². The van der Waals surface area contributed by atoms with Crippen molar-refractivity contribution in [2.24, 2.45) is 0 Å². The van der Waals surface area contributed by atoms with Crippen LogP contribution in [0.1, 0.15) is 13.8 Å². The normalized spacial score (nSPS) is 50.3. The number of aliphatic hydroxyl groups is 21. The van der Waals surface area contributed by atoms with Gasteiger partial charge in [-0.2, -0.15) is 0 Å². The van der Waals surface area contributed by atoms with E-state index in [1.54, 1.807) is 0 Å². The number of ether oxygens (including phenoxy) is 13. The first-order valence-corrected chi connectivity index (χ1v) is 26.6. The van der Waals surface area contributed by atoms with Crippen LogP contribution in [0.15, 0.2) is 0 Å². The number of rotatable bonds is 21. The summed E-state index contributed by atoms with van der Waals surface area (Å²) in [6, 6.07) is -3.37. The monoisotopic (exact) mass is 1230 g/mol. The van der Waals surface area contributed by atoms with Crippen molar-refractivity contribution in [3.63, 3.8) is 0 Å². The Labute approximate surface area is 475 Å². The lowest BCUT2D eigenvalue weighted by atomic mass is 9.94. The van der Waals surface area contributed by atoms with Crippen molar-refractivity contribution >= 4 is 11.8 Å². The molecule has 0 radical (unpaired) electrons. The summed E-state index contributed by atoms with van der Waals surface area (Å²) in [6.45, 7) is -5.04. The molecule has 7 heterocycles. The molecule has 0 unspecified atom stereocenters. The lowest BCUT2D eigenvalue weighted by Crippen LogP contribution is -2.70. The molecule has 2 amide bonds. The highest BCUT2D eigenvalue weighted by molar-refractivity contribution is 5.73. The number of hydrogen-bond donors (Lipinski definition) is 23. The van der Waals surface area contributed by atoms with E-state index in [0.717, 1.165) is 13.8 Å². The van der Waals surface area contributed by atoms with E-state index >= 15 is 0 Å². The Kier molecular flexibility index (Phi) is 24.6. The fraction of sp³-hybridized carbons (Fsp3) is 0.957. The zero-order valence-electron chi connectivity index (χ0n) is 44.7. The first-order valence-electron chi connectivity index (χ1n) is 26.6. The smallest absolute Gasteiger partial charge is 0.217 e. The molecule has 7 aliphatic rings. The maximum absolute atomic E-state index is 12.7. The van der Waals surface area contributed by atoms with Gasteiger partial charge in [0.15, 0.2) is 44.0 Å². The Morgan fingerprint density at radius 3 is 1.12 bits per heavy atom. The van der Waals surface area contributed by atoms with E-state index in [-0.39, 0.29) is 0 Å². The third-order valence-corrected chi connectivity index (χ3v) is 15.3. The van der Waals surface area contributed by atoms with E-state index in [2.05, 4.69) is 10.6 Å². The Balaban J connectivity index is 1.18. The van der Waals surface area contributed by atoms with Crippen LogP contribution in [0.4, 0.5) is 0 Å². The van der Waals surface area contributed by atoms with Gasteiger partial charge in [-0.15, -0.1) is 0 Å². The maximum Gasteiger partial charge on any atom is 0.217 e. The molecule has 38 heteroatoms. The first-order chi connectivity index (χ1) is 39.7. The summed E-state index contributed by atoms with van der Waals surface area (Å²) >= 11 is 0. The lowest BCUT2D eigenvalue weighted by Gasteiger charge is -2.50. The Morgan fingerprint density at radius 1 is 0.310 bits per heavy atom. The number of amides is 2. The molecule has 7 rings (SSSR count). The van der Waals surface area contributed by atoms with Crippen molar-refractivity contribution in [2.45, 2.75) is 229 Å². The van der Waals surface area contributed by atoms with Gasteiger partial charge in [0.2, 0.25) is 11.8 Å². The van der Waals surface area contributed by atoms with E-state index in [9.17, 15) is 117 Å². The first kappa shape index (κ1) is 69.1. The van der Waals surface area contributed by atoms with Gasteiger partial charge in [0.05, 0.1) is 46.2 Å². The number of carbonyl (C=O) groups excluding carboxylic acids is 2. The van der Waals surface area contributed by atoms with E-state index in [0.29, 0.717) is 0 Å². The van der Waals surface area contributed by atoms with Gasteiger partial charge in [-0.05, 0) is 0 Å². The van der Waals surface area contributed by atoms with Crippen LogP contribution in [0.3, 0.4) is 0 Å². The standard InChI is InChI=1S/C46H78N2O36/c1-10(55)47-19-26(62)35(16(7-53)73-40(19)71)80-41-20(48-11(2)56)27(63)36(17(8-54)78-41)81-44-34(70)37(82-42-32(68)28(64)21(57)12(3-49)74-42)25(61)18(79-44)9-72-45-38(30(66)23(59)14(5-51)76-45)84-46-39(31(67)24(60)15(6-52)77-46)83-43-33(69)29(65)22(58)13(4-50)75-43/h12-46,49-54,57-71H,3-9H2,1-2H3,(H,47,55)(H,48,56)/t12-,13-,14-,15-,16-,17-,18-,19-,20-,21-,22-,23-,24-,25-,26-,27-,28+,29+,30+,31+,32+,33+,34+,35-,36-,37+,38+,39+,40-,41+,42-,43-,44+,45+,46-/m1/s1. The fourth-order valence-electron chi connectivity index (χ4n) is 10.7. The summed E-state index contributed by atoms with van der Waals surface area (Å²) in [5.74, 6) is -1.61. The molecule has 7 saturated heterocycles. The highest BCUT2D eigenvalue weighted by Gasteiger charge is 2.58. The molecular weight excluding hydrogens is 1160 g/mol. The summed E-state index contributed by atoms with van der Waals surface area (Å²) in [5, 5.41) is 231. The van der Waals surface area contributed by atoms with Crippen LogP contribution < -0.4 is 10.6 Å². The van der Waals surface area contributed by atoms with Crippen LogP contribution in [-0.4, -0.2) is 380 Å². The molecule has 488 valence electrons. The van der Waals surface area contributed by atoms with Crippen LogP contribution in [0, 0.1) is 0 Å². The van der Waals surface area contributed by atoms with E-state index < -0.39 is 273 Å². The van der Waals surface area contributed by atoms with Crippen molar-refractivity contribution in [3.8, 4) is 0 Å². The Morgan fingerprint density at radius 2 is 0.643 bits per heavy atom. The zero-order valence-corrected chi connectivity index (χ0v) is 44.7. The van der Waals surface area contributed by atoms with Gasteiger partial charge in [0, 0.05) is 13.8 Å². The van der Waals surface area contributed by atoms with Crippen molar-refractivity contribution in [1.82, 2.24) is 10.6 Å². The third-order valence-electron chi connectivity index (χ3n) is 15.3. The molecular formula is C46H78N2O36. The number of nitrogens with one attached hydrogen (secondary N) is 2. The van der Waals surface area contributed by atoms with Gasteiger partial charge in [0.1, 0.15) is 171 Å². The second-order valence-electron chi connectivity index (χ2n) is 21.1. The summed E-state index contributed by atoms with van der Waals surface area (Å²) in [5.41, 5.74) is 0. The predicted molar refractivity (Wildman–Crippen MR) is 255 cm³/mol. The third kappa shape index (κ3) is 14.7. The highest BCUT2D eigenvalue weighted by Crippen LogP contribution is 2.37. The summed E-state index contributed by atoms with van der Waals surface area (Å²) < 4.78 is 75.0. The molecule has 0 aliphatic carbocycles.